The van der Waals surface area contributed by atoms with Crippen LogP contribution >= 0.6 is 0 Å². The van der Waals surface area contributed by atoms with E-state index in [4.69, 9.17) is 4.74 Å². The molecule has 10 atom stereocenters. The molecule has 4 heterocycles. The van der Waals surface area contributed by atoms with Crippen LogP contribution in [0.15, 0.2) is 60.8 Å². The number of ether oxygens (including phenoxy) is 1. The van der Waals surface area contributed by atoms with Crippen LogP contribution in [0.4, 0.5) is 5.69 Å². The predicted molar refractivity (Wildman–Crippen MR) is 279 cm³/mol. The van der Waals surface area contributed by atoms with E-state index in [-0.39, 0.29) is 54.7 Å². The summed E-state index contributed by atoms with van der Waals surface area (Å²) in [5, 5.41) is 46.2. The normalized spacial score (nSPS) is 26.4. The van der Waals surface area contributed by atoms with E-state index in [2.05, 4.69) is 21.3 Å². The number of nitrogens with one attached hydrogen (secondary N) is 4. The summed E-state index contributed by atoms with van der Waals surface area (Å²) in [6, 6.07) is 0.0518. The van der Waals surface area contributed by atoms with E-state index in [1.807, 2.05) is 30.5 Å². The number of hydrogen-bond acceptors (Lipinski definition) is 13. The number of piperidine rings is 1. The van der Waals surface area contributed by atoms with Crippen LogP contribution in [0, 0.1) is 27.9 Å². The van der Waals surface area contributed by atoms with Gasteiger partial charge in [0.2, 0.25) is 41.4 Å². The molecule has 2 bridgehead atoms. The third kappa shape index (κ3) is 12.6. The monoisotopic (exact) mass is 1060 g/mol. The Hall–Kier alpha value is -7.20. The Labute approximate surface area is 442 Å². The number of amides is 8. The van der Waals surface area contributed by atoms with Crippen molar-refractivity contribution >= 4 is 63.8 Å². The Morgan fingerprint density at radius 3 is 2.03 bits per heavy atom. The first-order valence-electron chi connectivity index (χ1n) is 25.8. The topological polar surface area (TPSA) is 295 Å². The summed E-state index contributed by atoms with van der Waals surface area (Å²) in [5.41, 5.74) is -0.289. The maximum Gasteiger partial charge on any atom is 0.310 e. The molecule has 0 radical (unpaired) electrons. The zero-order chi connectivity index (χ0) is 56.2. The van der Waals surface area contributed by atoms with Crippen LogP contribution < -0.4 is 21.3 Å². The van der Waals surface area contributed by atoms with E-state index in [0.29, 0.717) is 17.5 Å². The van der Waals surface area contributed by atoms with Crippen LogP contribution in [0.5, 0.6) is 5.75 Å². The van der Waals surface area contributed by atoms with E-state index < -0.39 is 130 Å². The van der Waals surface area contributed by atoms with E-state index >= 15 is 4.79 Å². The number of carbonyl (C=O) groups is 8. The van der Waals surface area contributed by atoms with Crippen LogP contribution in [-0.2, 0) is 55.1 Å². The van der Waals surface area contributed by atoms with Gasteiger partial charge in [-0.05, 0) is 82.9 Å². The molecule has 8 amide bonds. The molecule has 3 aliphatic heterocycles. The van der Waals surface area contributed by atoms with Crippen LogP contribution in [-0.4, -0.2) is 151 Å². The van der Waals surface area contributed by atoms with E-state index in [1.165, 1.54) is 27.1 Å². The number of epoxide rings is 1. The summed E-state index contributed by atoms with van der Waals surface area (Å²) in [6.07, 6.45) is 2.14. The molecule has 6 rings (SSSR count). The number of aromatic nitrogens is 1. The first-order valence-corrected chi connectivity index (χ1v) is 25.8. The first kappa shape index (κ1) is 58.1. The van der Waals surface area contributed by atoms with Crippen molar-refractivity contribution in [2.75, 3.05) is 20.7 Å². The Bertz CT molecular complexity index is 2770. The van der Waals surface area contributed by atoms with Crippen molar-refractivity contribution in [3.8, 4) is 5.75 Å². The predicted octanol–water partition coefficient (Wildman–Crippen LogP) is 3.11. The lowest BCUT2D eigenvalue weighted by Crippen LogP contribution is -2.65. The molecule has 3 aromatic rings. The maximum absolute atomic E-state index is 15.4. The number of aliphatic hydroxyl groups is 1. The minimum atomic E-state index is -1.86. The molecule has 3 saturated heterocycles. The van der Waals surface area contributed by atoms with Crippen molar-refractivity contribution in [3.05, 3.63) is 82.1 Å². The molecule has 2 aromatic carbocycles. The molecule has 10 unspecified atom stereocenters. The van der Waals surface area contributed by atoms with Crippen LogP contribution in [0.2, 0.25) is 0 Å². The van der Waals surface area contributed by atoms with Crippen molar-refractivity contribution in [2.45, 2.75) is 154 Å². The van der Waals surface area contributed by atoms with Crippen LogP contribution in [0.1, 0.15) is 105 Å². The highest BCUT2D eigenvalue weighted by atomic mass is 16.6. The van der Waals surface area contributed by atoms with Gasteiger partial charge in [0.1, 0.15) is 54.5 Å². The van der Waals surface area contributed by atoms with Crippen molar-refractivity contribution < 1.29 is 58.2 Å². The number of aromatic hydroxyl groups is 1. The molecule has 3 aliphatic rings. The number of nitro groups is 1. The lowest BCUT2D eigenvalue weighted by molar-refractivity contribution is -0.385. The lowest BCUT2D eigenvalue weighted by Gasteiger charge is -2.42. The van der Waals surface area contributed by atoms with Crippen LogP contribution in [0.3, 0.4) is 0 Å². The second-order valence-electron chi connectivity index (χ2n) is 21.7. The molecule has 0 aliphatic carbocycles. The zero-order valence-electron chi connectivity index (χ0n) is 45.1. The third-order valence-electron chi connectivity index (χ3n) is 14.7. The SMILES string of the molecule is C/C=C\CC1NC(=O)C(CC(C)C)N2C(=O)C(C)CC(C2=O)N(C)C(=O)C(C)NC(=O)C(Cc2ccc(O)c([N+](=O)[O-])c2)NC(=O)C(CC(C)C)N(C)C(=O)C(C(O)c2cn(C(C)(C)C3CO3)c3ccccc23)NC1=O. The minimum Gasteiger partial charge on any atom is -0.502 e. The molecule has 6 N–H and O–H groups in total. The lowest BCUT2D eigenvalue weighted by atomic mass is 9.89. The van der Waals surface area contributed by atoms with E-state index in [0.717, 1.165) is 26.8 Å². The fraction of sp³-hybridized carbons (Fsp3) is 0.556. The van der Waals surface area contributed by atoms with Gasteiger partial charge in [-0.1, -0.05) is 71.0 Å². The van der Waals surface area contributed by atoms with Crippen molar-refractivity contribution in [3.63, 3.8) is 0 Å². The number of allylic oxidation sites excluding steroid dienone is 1. The third-order valence-corrected chi connectivity index (χ3v) is 14.7. The standard InChI is InChI=1S/C54H73N9O13/c1-12-13-17-35-46(66)58-44(45(65)34-26-61(54(8,9)43-27-76-43)37-18-15-14-16-33(34)37)53(73)59(10)39(21-28(2)3)48(68)57-36(24-32-19-20-42(64)38(25-32)63(74)75)47(67)55-31(7)51(71)60(11)41-23-30(6)50(70)62(52(41)72)40(22-29(4)5)49(69)56-35/h12-16,18-20,25-26,28-31,35-36,39-41,43-45,64-65H,17,21-24,27H2,1-11H3,(H,55,67)(H,56,69)(H,57,68)(H,58,66)/b13-12-. The Morgan fingerprint density at radius 1 is 0.803 bits per heavy atom. The number of benzene rings is 2. The van der Waals surface area contributed by atoms with E-state index in [1.54, 1.807) is 72.0 Å². The summed E-state index contributed by atoms with van der Waals surface area (Å²) >= 11 is 0. The summed E-state index contributed by atoms with van der Waals surface area (Å²) in [4.78, 5) is 132. The number of likely N-dealkylation sites (N-methyl/N-ethyl adjacent to an activating group) is 2. The Balaban J connectivity index is 1.53. The summed E-state index contributed by atoms with van der Waals surface area (Å²) < 4.78 is 7.64. The summed E-state index contributed by atoms with van der Waals surface area (Å²) in [5.74, 6) is -9.07. The number of para-hydroxylation sites is 1. The molecule has 0 spiro atoms. The highest BCUT2D eigenvalue weighted by Gasteiger charge is 2.49. The quantitative estimate of drug-likeness (QED) is 0.0472. The van der Waals surface area contributed by atoms with Crippen LogP contribution in [0.25, 0.3) is 10.9 Å². The number of nitro benzene ring substituents is 1. The largest absolute Gasteiger partial charge is 0.502 e. The van der Waals surface area contributed by atoms with Crippen molar-refractivity contribution in [1.82, 2.24) is 40.5 Å². The maximum atomic E-state index is 15.4. The smallest absolute Gasteiger partial charge is 0.310 e. The molecular weight excluding hydrogens is 983 g/mol. The Kier molecular flexibility index (Phi) is 18.2. The zero-order valence-corrected chi connectivity index (χ0v) is 45.1. The highest BCUT2D eigenvalue weighted by Crippen LogP contribution is 2.38. The first-order chi connectivity index (χ1) is 35.7. The number of carbonyl (C=O) groups excluding carboxylic acids is 8. The van der Waals surface area contributed by atoms with Gasteiger partial charge in [0.25, 0.3) is 5.91 Å². The minimum absolute atomic E-state index is 0.0291. The number of rotatable bonds is 13. The van der Waals surface area contributed by atoms with Gasteiger partial charge < -0.3 is 50.6 Å². The molecule has 22 heteroatoms. The van der Waals surface area contributed by atoms with E-state index in [9.17, 15) is 53.9 Å². The molecule has 22 nitrogen and oxygen atoms in total. The fourth-order valence-electron chi connectivity index (χ4n) is 10.1. The summed E-state index contributed by atoms with van der Waals surface area (Å²) in [7, 11) is 2.63. The van der Waals surface area contributed by atoms with Gasteiger partial charge in [0, 0.05) is 55.2 Å². The molecule has 76 heavy (non-hydrogen) atoms. The molecule has 412 valence electrons. The van der Waals surface area contributed by atoms with Gasteiger partial charge in [-0.3, -0.25) is 53.4 Å². The number of aliphatic hydroxyl groups excluding tert-OH is 1. The fourth-order valence-corrected chi connectivity index (χ4v) is 10.1. The molecular formula is C54H73N9O13. The number of imide groups is 1. The Morgan fingerprint density at radius 2 is 1.41 bits per heavy atom. The average molecular weight is 1060 g/mol. The second kappa shape index (κ2) is 23.8. The number of phenolic OH excluding ortho intramolecular Hbond substituents is 1. The number of hydrogen-bond donors (Lipinski definition) is 6. The number of fused-ring (bicyclic) bond motifs is 3. The van der Waals surface area contributed by atoms with Gasteiger partial charge >= 0.3 is 5.69 Å². The molecule has 1 aromatic heterocycles. The average Bonchev–Trinajstić information content (AvgIpc) is 4.16. The molecule has 0 saturated carbocycles. The summed E-state index contributed by atoms with van der Waals surface area (Å²) in [6.45, 7) is 16.1. The van der Waals surface area contributed by atoms with Crippen molar-refractivity contribution in [1.29, 1.82) is 0 Å². The molecule has 3 fully saturated rings. The van der Waals surface area contributed by atoms with Crippen molar-refractivity contribution in [2.24, 2.45) is 17.8 Å². The van der Waals surface area contributed by atoms with Gasteiger partial charge in [-0.25, -0.2) is 0 Å². The van der Waals surface area contributed by atoms with Gasteiger partial charge in [-0.2, -0.15) is 0 Å². The highest BCUT2D eigenvalue weighted by molar-refractivity contribution is 6.07. The van der Waals surface area contributed by atoms with Gasteiger partial charge in [0.15, 0.2) is 5.75 Å². The van der Waals surface area contributed by atoms with Gasteiger partial charge in [0.05, 0.1) is 17.1 Å². The second-order valence-corrected chi connectivity index (χ2v) is 21.7. The number of nitrogens with zero attached hydrogens (tertiary/aromatic N) is 5. The van der Waals surface area contributed by atoms with Gasteiger partial charge in [-0.15, -0.1) is 0 Å². The number of phenols is 1.